The highest BCUT2D eigenvalue weighted by molar-refractivity contribution is 5.78. The van der Waals surface area contributed by atoms with Gasteiger partial charge >= 0.3 is 12.0 Å². The zero-order valence-electron chi connectivity index (χ0n) is 12.4. The van der Waals surface area contributed by atoms with Crippen molar-refractivity contribution in [2.75, 3.05) is 13.6 Å². The molecule has 1 aliphatic carbocycles. The molecule has 5 heteroatoms. The summed E-state index contributed by atoms with van der Waals surface area (Å²) in [6, 6.07) is -0.0959. The number of aliphatic carboxylic acids is 1. The number of hydrogen-bond acceptors (Lipinski definition) is 2. The Hall–Kier alpha value is -1.26. The highest BCUT2D eigenvalue weighted by atomic mass is 16.4. The van der Waals surface area contributed by atoms with Crippen LogP contribution in [0.15, 0.2) is 0 Å². The Bertz CT molecular complexity index is 334. The first-order chi connectivity index (χ1) is 8.78. The average molecular weight is 270 g/mol. The number of carboxylic acids is 1. The molecule has 110 valence electrons. The quantitative estimate of drug-likeness (QED) is 0.823. The van der Waals surface area contributed by atoms with Gasteiger partial charge in [-0.2, -0.15) is 0 Å². The van der Waals surface area contributed by atoms with Gasteiger partial charge < -0.3 is 15.3 Å². The molecule has 1 fully saturated rings. The van der Waals surface area contributed by atoms with Crippen molar-refractivity contribution < 1.29 is 14.7 Å². The number of nitrogens with zero attached hydrogens (tertiary/aromatic N) is 1. The van der Waals surface area contributed by atoms with Crippen LogP contribution in [0.25, 0.3) is 0 Å². The molecule has 5 nitrogen and oxygen atoms in total. The molecule has 2 N–H and O–H groups in total. The van der Waals surface area contributed by atoms with Crippen LogP contribution in [-0.4, -0.2) is 41.6 Å². The van der Waals surface area contributed by atoms with Gasteiger partial charge in [-0.3, -0.25) is 4.79 Å². The molecule has 0 saturated heterocycles. The third-order valence-corrected chi connectivity index (χ3v) is 4.36. The molecular formula is C14H26N2O3. The minimum atomic E-state index is -0.785. The van der Waals surface area contributed by atoms with Crippen LogP contribution in [0.4, 0.5) is 4.79 Å². The predicted molar refractivity (Wildman–Crippen MR) is 74.0 cm³/mol. The summed E-state index contributed by atoms with van der Waals surface area (Å²) in [6.07, 6.45) is 3.13. The van der Waals surface area contributed by atoms with E-state index < -0.39 is 11.4 Å². The number of amides is 2. The summed E-state index contributed by atoms with van der Waals surface area (Å²) < 4.78 is 0. The number of hydrogen-bond donors (Lipinski definition) is 2. The number of carbonyl (C=O) groups excluding carboxylic acids is 1. The topological polar surface area (TPSA) is 69.6 Å². The monoisotopic (exact) mass is 270 g/mol. The van der Waals surface area contributed by atoms with E-state index in [0.717, 1.165) is 12.8 Å². The number of carbonyl (C=O) groups is 2. The maximum Gasteiger partial charge on any atom is 0.317 e. The molecule has 0 aromatic rings. The second-order valence-electron chi connectivity index (χ2n) is 6.13. The number of carboxylic acid groups (broad SMARTS) is 1. The van der Waals surface area contributed by atoms with Gasteiger partial charge in [-0.15, -0.1) is 0 Å². The van der Waals surface area contributed by atoms with Crippen LogP contribution >= 0.6 is 0 Å². The van der Waals surface area contributed by atoms with Crippen molar-refractivity contribution >= 4 is 12.0 Å². The largest absolute Gasteiger partial charge is 0.481 e. The Kier molecular flexibility index (Phi) is 5.20. The van der Waals surface area contributed by atoms with E-state index in [9.17, 15) is 14.7 Å². The maximum atomic E-state index is 11.9. The normalized spacial score (nSPS) is 27.1. The van der Waals surface area contributed by atoms with Gasteiger partial charge in [-0.1, -0.05) is 6.92 Å². The Morgan fingerprint density at radius 1 is 1.37 bits per heavy atom. The second kappa shape index (κ2) is 6.26. The lowest BCUT2D eigenvalue weighted by Gasteiger charge is -2.36. The smallest absolute Gasteiger partial charge is 0.317 e. The maximum absolute atomic E-state index is 11.9. The van der Waals surface area contributed by atoms with Crippen molar-refractivity contribution in [1.82, 2.24) is 10.2 Å². The first kappa shape index (κ1) is 15.8. The van der Waals surface area contributed by atoms with E-state index in [4.69, 9.17) is 0 Å². The van der Waals surface area contributed by atoms with Crippen molar-refractivity contribution in [3.63, 3.8) is 0 Å². The summed E-state index contributed by atoms with van der Waals surface area (Å²) in [5, 5.41) is 12.2. The van der Waals surface area contributed by atoms with Crippen LogP contribution in [0, 0.1) is 11.3 Å². The van der Waals surface area contributed by atoms with E-state index in [1.54, 1.807) is 11.9 Å². The molecule has 0 unspecified atom stereocenters. The van der Waals surface area contributed by atoms with Crippen LogP contribution in [0.3, 0.4) is 0 Å². The zero-order valence-corrected chi connectivity index (χ0v) is 12.4. The number of urea groups is 1. The first-order valence-electron chi connectivity index (χ1n) is 7.02. The number of nitrogens with one attached hydrogen (secondary N) is 1. The minimum Gasteiger partial charge on any atom is -0.481 e. The third-order valence-electron chi connectivity index (χ3n) is 4.36. The Morgan fingerprint density at radius 3 is 2.32 bits per heavy atom. The molecule has 0 heterocycles. The molecule has 0 aromatic heterocycles. The Morgan fingerprint density at radius 2 is 1.89 bits per heavy atom. The molecule has 0 aliphatic heterocycles. The van der Waals surface area contributed by atoms with Crippen molar-refractivity contribution in [1.29, 1.82) is 0 Å². The fourth-order valence-electron chi connectivity index (χ4n) is 2.38. The summed E-state index contributed by atoms with van der Waals surface area (Å²) in [4.78, 5) is 25.0. The van der Waals surface area contributed by atoms with E-state index >= 15 is 0 Å². The van der Waals surface area contributed by atoms with Crippen LogP contribution in [0.2, 0.25) is 0 Å². The van der Waals surface area contributed by atoms with Gasteiger partial charge in [-0.05, 0) is 45.4 Å². The molecule has 0 spiro atoms. The van der Waals surface area contributed by atoms with Crippen molar-refractivity contribution in [3.8, 4) is 0 Å². The molecule has 0 atom stereocenters. The molecule has 1 aliphatic rings. The fraction of sp³-hybridized carbons (Fsp3) is 0.857. The van der Waals surface area contributed by atoms with Gasteiger partial charge in [0.15, 0.2) is 0 Å². The first-order valence-corrected chi connectivity index (χ1v) is 7.02. The zero-order chi connectivity index (χ0) is 14.6. The predicted octanol–water partition coefficient (Wildman–Crippen LogP) is 2.32. The van der Waals surface area contributed by atoms with Gasteiger partial charge in [0, 0.05) is 19.6 Å². The van der Waals surface area contributed by atoms with E-state index in [0.29, 0.717) is 18.8 Å². The van der Waals surface area contributed by atoms with Crippen LogP contribution in [0.5, 0.6) is 0 Å². The van der Waals surface area contributed by atoms with Crippen LogP contribution < -0.4 is 5.32 Å². The molecule has 0 radical (unpaired) electrons. The van der Waals surface area contributed by atoms with Gasteiger partial charge in [0.1, 0.15) is 0 Å². The third kappa shape index (κ3) is 3.85. The molecule has 2 amide bonds. The fourth-order valence-corrected chi connectivity index (χ4v) is 2.38. The average Bonchev–Trinajstić information content (AvgIpc) is 2.36. The molecule has 0 bridgehead atoms. The van der Waals surface area contributed by atoms with E-state index in [-0.39, 0.29) is 18.6 Å². The van der Waals surface area contributed by atoms with Crippen molar-refractivity contribution in [3.05, 3.63) is 0 Å². The van der Waals surface area contributed by atoms with Gasteiger partial charge in [0.05, 0.1) is 5.41 Å². The van der Waals surface area contributed by atoms with Gasteiger partial charge in [0.2, 0.25) is 0 Å². The van der Waals surface area contributed by atoms with E-state index in [1.165, 1.54) is 0 Å². The minimum absolute atomic E-state index is 0.104. The standard InChI is InChI=1S/C14H26N2O3/c1-10(2)16(4)13(19)15-9-14(12(17)18)7-5-11(3)6-8-14/h10-11H,5-9H2,1-4H3,(H,15,19)(H,17,18). The Labute approximate surface area is 115 Å². The molecule has 1 saturated carbocycles. The molecule has 1 rings (SSSR count). The van der Waals surface area contributed by atoms with E-state index in [2.05, 4.69) is 12.2 Å². The molecular weight excluding hydrogens is 244 g/mol. The molecule has 19 heavy (non-hydrogen) atoms. The SMILES string of the molecule is CC1CCC(CNC(=O)N(C)C(C)C)(C(=O)O)CC1. The second-order valence-corrected chi connectivity index (χ2v) is 6.13. The van der Waals surface area contributed by atoms with Crippen LogP contribution in [-0.2, 0) is 4.79 Å². The van der Waals surface area contributed by atoms with Gasteiger partial charge in [0.25, 0.3) is 0 Å². The summed E-state index contributed by atoms with van der Waals surface area (Å²) in [5.74, 6) is -0.201. The highest BCUT2D eigenvalue weighted by Crippen LogP contribution is 2.38. The van der Waals surface area contributed by atoms with E-state index in [1.807, 2.05) is 13.8 Å². The van der Waals surface area contributed by atoms with Crippen LogP contribution in [0.1, 0.15) is 46.5 Å². The van der Waals surface area contributed by atoms with Crippen molar-refractivity contribution in [2.45, 2.75) is 52.5 Å². The number of rotatable bonds is 4. The molecule has 0 aromatic carbocycles. The lowest BCUT2D eigenvalue weighted by molar-refractivity contribution is -0.151. The summed E-state index contributed by atoms with van der Waals surface area (Å²) >= 11 is 0. The highest BCUT2D eigenvalue weighted by Gasteiger charge is 2.41. The summed E-state index contributed by atoms with van der Waals surface area (Å²) in [5.41, 5.74) is -0.778. The summed E-state index contributed by atoms with van der Waals surface area (Å²) in [7, 11) is 1.72. The Balaban J connectivity index is 2.61. The van der Waals surface area contributed by atoms with Crippen molar-refractivity contribution in [2.24, 2.45) is 11.3 Å². The summed E-state index contributed by atoms with van der Waals surface area (Å²) in [6.45, 7) is 6.23. The van der Waals surface area contributed by atoms with Gasteiger partial charge in [-0.25, -0.2) is 4.79 Å². The lowest BCUT2D eigenvalue weighted by Crippen LogP contribution is -2.49. The lowest BCUT2D eigenvalue weighted by atomic mass is 9.71.